The van der Waals surface area contributed by atoms with Gasteiger partial charge in [-0.3, -0.25) is 0 Å². The summed E-state index contributed by atoms with van der Waals surface area (Å²) >= 11 is 7.84. The van der Waals surface area contributed by atoms with Crippen LogP contribution in [-0.4, -0.2) is 19.8 Å². The maximum Gasteiger partial charge on any atom is 0.195 e. The molecule has 4 aromatic rings. The van der Waals surface area contributed by atoms with Gasteiger partial charge in [-0.2, -0.15) is 9.61 Å². The van der Waals surface area contributed by atoms with Crippen LogP contribution in [0, 0.1) is 0 Å². The second kappa shape index (κ2) is 4.01. The average Bonchev–Trinajstić information content (AvgIpc) is 3.07. The molecule has 3 heterocycles. The minimum absolute atomic E-state index is 0.459. The summed E-state index contributed by atoms with van der Waals surface area (Å²) in [6.45, 7) is 0. The fraction of sp³-hybridized carbons (Fsp3) is 0. The largest absolute Gasteiger partial charge is 0.195 e. The Morgan fingerprint density at radius 1 is 1.00 bits per heavy atom. The SMILES string of the molecule is Clc1nn2c(-c3cccs3)nnc2c2ccccc12. The molecule has 0 aliphatic heterocycles. The van der Waals surface area contributed by atoms with Gasteiger partial charge in [0.15, 0.2) is 16.6 Å². The summed E-state index contributed by atoms with van der Waals surface area (Å²) in [5, 5.41) is 17.2. The maximum absolute atomic E-state index is 6.24. The first kappa shape index (κ1) is 10.9. The zero-order valence-electron chi connectivity index (χ0n) is 9.62. The van der Waals surface area contributed by atoms with Crippen molar-refractivity contribution in [1.82, 2.24) is 19.8 Å². The van der Waals surface area contributed by atoms with Crippen LogP contribution in [0.4, 0.5) is 0 Å². The van der Waals surface area contributed by atoms with Crippen molar-refractivity contribution in [2.45, 2.75) is 0 Å². The van der Waals surface area contributed by atoms with Crippen LogP contribution in [0.5, 0.6) is 0 Å². The third kappa shape index (κ3) is 1.55. The first-order valence-corrected chi connectivity index (χ1v) is 6.94. The molecule has 0 spiro atoms. The van der Waals surface area contributed by atoms with Crippen molar-refractivity contribution in [3.63, 3.8) is 0 Å². The van der Waals surface area contributed by atoms with E-state index in [-0.39, 0.29) is 0 Å². The van der Waals surface area contributed by atoms with Gasteiger partial charge in [-0.05, 0) is 11.4 Å². The Kier molecular flexibility index (Phi) is 2.30. The number of halogens is 1. The number of hydrogen-bond donors (Lipinski definition) is 0. The van der Waals surface area contributed by atoms with Crippen LogP contribution in [0.15, 0.2) is 41.8 Å². The molecule has 0 fully saturated rings. The topological polar surface area (TPSA) is 43.1 Å². The van der Waals surface area contributed by atoms with Gasteiger partial charge in [-0.25, -0.2) is 0 Å². The third-order valence-electron chi connectivity index (χ3n) is 2.96. The fourth-order valence-electron chi connectivity index (χ4n) is 2.10. The van der Waals surface area contributed by atoms with Crippen molar-refractivity contribution >= 4 is 39.4 Å². The monoisotopic (exact) mass is 286 g/mol. The van der Waals surface area contributed by atoms with Crippen molar-refractivity contribution < 1.29 is 0 Å². The standard InChI is InChI=1S/C13H7ClN4S/c14-11-8-4-1-2-5-9(8)12-15-16-13(18(12)17-11)10-6-3-7-19-10/h1-7H. The molecule has 0 atom stereocenters. The minimum Gasteiger partial charge on any atom is -0.190 e. The fourth-order valence-corrected chi connectivity index (χ4v) is 3.04. The summed E-state index contributed by atoms with van der Waals surface area (Å²) in [7, 11) is 0. The second-order valence-electron chi connectivity index (χ2n) is 4.07. The molecule has 3 aromatic heterocycles. The molecule has 4 rings (SSSR count). The number of rotatable bonds is 1. The number of thiophene rings is 1. The van der Waals surface area contributed by atoms with Gasteiger partial charge in [0.1, 0.15) is 0 Å². The van der Waals surface area contributed by atoms with E-state index < -0.39 is 0 Å². The van der Waals surface area contributed by atoms with E-state index in [9.17, 15) is 0 Å². The Morgan fingerprint density at radius 2 is 1.84 bits per heavy atom. The van der Waals surface area contributed by atoms with Gasteiger partial charge in [-0.15, -0.1) is 21.5 Å². The molecular formula is C13H7ClN4S. The summed E-state index contributed by atoms with van der Waals surface area (Å²) in [5.74, 6) is 0.720. The molecule has 92 valence electrons. The number of benzene rings is 1. The smallest absolute Gasteiger partial charge is 0.190 e. The molecule has 0 aliphatic rings. The van der Waals surface area contributed by atoms with Crippen LogP contribution in [-0.2, 0) is 0 Å². The Morgan fingerprint density at radius 3 is 2.63 bits per heavy atom. The summed E-state index contributed by atoms with van der Waals surface area (Å²) in [4.78, 5) is 1.02. The molecule has 0 unspecified atom stereocenters. The van der Waals surface area contributed by atoms with Gasteiger partial charge < -0.3 is 0 Å². The van der Waals surface area contributed by atoms with E-state index in [1.165, 1.54) is 0 Å². The van der Waals surface area contributed by atoms with Crippen LogP contribution in [0.1, 0.15) is 0 Å². The van der Waals surface area contributed by atoms with Crippen molar-refractivity contribution in [2.24, 2.45) is 0 Å². The molecule has 0 N–H and O–H groups in total. The predicted octanol–water partition coefficient (Wildman–Crippen LogP) is 3.66. The van der Waals surface area contributed by atoms with E-state index in [2.05, 4.69) is 15.3 Å². The first-order chi connectivity index (χ1) is 9.34. The third-order valence-corrected chi connectivity index (χ3v) is 4.11. The Bertz CT molecular complexity index is 882. The normalized spacial score (nSPS) is 11.4. The lowest BCUT2D eigenvalue weighted by molar-refractivity contribution is 0.949. The molecular weight excluding hydrogens is 280 g/mol. The Labute approximate surface area is 117 Å². The number of hydrogen-bond acceptors (Lipinski definition) is 4. The highest BCUT2D eigenvalue weighted by Crippen LogP contribution is 2.28. The van der Waals surface area contributed by atoms with Gasteiger partial charge in [0.25, 0.3) is 0 Å². The molecule has 1 aromatic carbocycles. The van der Waals surface area contributed by atoms with E-state index in [0.717, 1.165) is 27.1 Å². The molecule has 0 bridgehead atoms. The molecule has 0 aliphatic carbocycles. The summed E-state index contributed by atoms with van der Waals surface area (Å²) in [6.07, 6.45) is 0. The van der Waals surface area contributed by atoms with E-state index in [1.54, 1.807) is 15.9 Å². The average molecular weight is 287 g/mol. The minimum atomic E-state index is 0.459. The van der Waals surface area contributed by atoms with Gasteiger partial charge >= 0.3 is 0 Å². The van der Waals surface area contributed by atoms with Gasteiger partial charge in [0.2, 0.25) is 0 Å². The zero-order valence-corrected chi connectivity index (χ0v) is 11.2. The Hall–Kier alpha value is -1.98. The van der Waals surface area contributed by atoms with Crippen LogP contribution < -0.4 is 0 Å². The van der Waals surface area contributed by atoms with Gasteiger partial charge in [0.05, 0.1) is 4.88 Å². The van der Waals surface area contributed by atoms with E-state index in [1.807, 2.05) is 41.8 Å². The van der Waals surface area contributed by atoms with Gasteiger partial charge in [-0.1, -0.05) is 41.9 Å². The first-order valence-electron chi connectivity index (χ1n) is 5.68. The van der Waals surface area contributed by atoms with E-state index in [4.69, 9.17) is 11.6 Å². The van der Waals surface area contributed by atoms with Crippen molar-refractivity contribution in [3.05, 3.63) is 46.9 Å². The maximum atomic E-state index is 6.24. The number of aromatic nitrogens is 4. The summed E-state index contributed by atoms with van der Waals surface area (Å²) in [6, 6.07) is 11.8. The number of nitrogens with zero attached hydrogens (tertiary/aromatic N) is 4. The van der Waals surface area contributed by atoms with Crippen LogP contribution in [0.25, 0.3) is 27.1 Å². The lowest BCUT2D eigenvalue weighted by Crippen LogP contribution is -1.95. The molecule has 0 saturated carbocycles. The molecule has 6 heteroatoms. The van der Waals surface area contributed by atoms with Crippen molar-refractivity contribution in [1.29, 1.82) is 0 Å². The van der Waals surface area contributed by atoms with Crippen molar-refractivity contribution in [2.75, 3.05) is 0 Å². The van der Waals surface area contributed by atoms with E-state index >= 15 is 0 Å². The predicted molar refractivity (Wildman–Crippen MR) is 76.6 cm³/mol. The highest BCUT2D eigenvalue weighted by molar-refractivity contribution is 7.13. The van der Waals surface area contributed by atoms with Crippen LogP contribution >= 0.6 is 22.9 Å². The van der Waals surface area contributed by atoms with Crippen LogP contribution in [0.2, 0.25) is 5.15 Å². The molecule has 0 radical (unpaired) electrons. The second-order valence-corrected chi connectivity index (χ2v) is 5.38. The highest BCUT2D eigenvalue weighted by atomic mass is 35.5. The summed E-state index contributed by atoms with van der Waals surface area (Å²) < 4.78 is 1.70. The Balaban J connectivity index is 2.16. The molecule has 19 heavy (non-hydrogen) atoms. The zero-order chi connectivity index (χ0) is 12.8. The van der Waals surface area contributed by atoms with Gasteiger partial charge in [0, 0.05) is 10.8 Å². The molecule has 0 saturated heterocycles. The summed E-state index contributed by atoms with van der Waals surface area (Å²) in [5.41, 5.74) is 0.725. The highest BCUT2D eigenvalue weighted by Gasteiger charge is 2.14. The molecule has 4 nitrogen and oxygen atoms in total. The molecule has 0 amide bonds. The lowest BCUT2D eigenvalue weighted by atomic mass is 10.2. The van der Waals surface area contributed by atoms with E-state index in [0.29, 0.717) is 5.15 Å². The van der Waals surface area contributed by atoms with Crippen LogP contribution in [0.3, 0.4) is 0 Å². The number of fused-ring (bicyclic) bond motifs is 3. The quantitative estimate of drug-likeness (QED) is 0.536. The lowest BCUT2D eigenvalue weighted by Gasteiger charge is -2.02. The van der Waals surface area contributed by atoms with Crippen molar-refractivity contribution in [3.8, 4) is 10.7 Å².